The molecule has 0 saturated carbocycles. The van der Waals surface area contributed by atoms with E-state index in [0.717, 1.165) is 5.69 Å². The van der Waals surface area contributed by atoms with Gasteiger partial charge in [0.2, 0.25) is 0 Å². The van der Waals surface area contributed by atoms with Gasteiger partial charge in [-0.15, -0.1) is 0 Å². The van der Waals surface area contributed by atoms with Gasteiger partial charge >= 0.3 is 0 Å². The first-order valence-corrected chi connectivity index (χ1v) is 7.41. The van der Waals surface area contributed by atoms with Gasteiger partial charge in [0.1, 0.15) is 5.75 Å². The maximum absolute atomic E-state index is 11.8. The van der Waals surface area contributed by atoms with E-state index < -0.39 is 0 Å². The topological polar surface area (TPSA) is 81.4 Å². The summed E-state index contributed by atoms with van der Waals surface area (Å²) in [6, 6.07) is 8.55. The molecule has 0 radical (unpaired) electrons. The molecule has 0 fully saturated rings. The number of aromatic nitrogens is 1. The smallest absolute Gasteiger partial charge is 0.258 e. The van der Waals surface area contributed by atoms with Crippen molar-refractivity contribution in [3.05, 3.63) is 47.3 Å². The van der Waals surface area contributed by atoms with Crippen molar-refractivity contribution in [3.63, 3.8) is 0 Å². The zero-order chi connectivity index (χ0) is 16.8. The van der Waals surface area contributed by atoms with Gasteiger partial charge in [-0.05, 0) is 25.0 Å². The van der Waals surface area contributed by atoms with Gasteiger partial charge < -0.3 is 14.6 Å². The number of amides is 1. The molecule has 122 valence electrons. The van der Waals surface area contributed by atoms with Gasteiger partial charge in [-0.1, -0.05) is 31.1 Å². The van der Waals surface area contributed by atoms with E-state index in [9.17, 15) is 9.59 Å². The maximum atomic E-state index is 11.8. The van der Waals surface area contributed by atoms with E-state index in [0.29, 0.717) is 17.1 Å². The molecule has 0 aliphatic heterocycles. The van der Waals surface area contributed by atoms with Gasteiger partial charge in [0.25, 0.3) is 5.91 Å². The molecule has 0 saturated heterocycles. The van der Waals surface area contributed by atoms with Gasteiger partial charge in [0.15, 0.2) is 18.2 Å². The number of benzene rings is 1. The molecule has 6 heteroatoms. The molecule has 23 heavy (non-hydrogen) atoms. The number of ketones is 1. The summed E-state index contributed by atoms with van der Waals surface area (Å²) in [5.41, 5.74) is 1.40. The lowest BCUT2D eigenvalue weighted by atomic mass is 10.1. The second-order valence-corrected chi connectivity index (χ2v) is 5.52. The number of carbonyl (C=O) groups is 2. The zero-order valence-corrected chi connectivity index (χ0v) is 13.5. The summed E-state index contributed by atoms with van der Waals surface area (Å²) in [7, 11) is 0. The van der Waals surface area contributed by atoms with Crippen molar-refractivity contribution in [1.29, 1.82) is 0 Å². The molecule has 0 atom stereocenters. The summed E-state index contributed by atoms with van der Waals surface area (Å²) in [5.74, 6) is 1.03. The minimum Gasteiger partial charge on any atom is -0.484 e. The molecular formula is C17H20N2O4. The molecular weight excluding hydrogens is 296 g/mol. The van der Waals surface area contributed by atoms with Crippen molar-refractivity contribution >= 4 is 11.7 Å². The van der Waals surface area contributed by atoms with Crippen LogP contribution in [0.15, 0.2) is 34.9 Å². The maximum Gasteiger partial charge on any atom is 0.258 e. The number of rotatable bonds is 7. The van der Waals surface area contributed by atoms with Gasteiger partial charge in [0, 0.05) is 11.6 Å². The van der Waals surface area contributed by atoms with Crippen LogP contribution in [0.4, 0.5) is 0 Å². The van der Waals surface area contributed by atoms with Crippen LogP contribution in [0, 0.1) is 0 Å². The minimum absolute atomic E-state index is 0.0498. The van der Waals surface area contributed by atoms with Crippen molar-refractivity contribution in [2.75, 3.05) is 6.61 Å². The van der Waals surface area contributed by atoms with Crippen LogP contribution >= 0.6 is 0 Å². The third-order valence-electron chi connectivity index (χ3n) is 3.24. The largest absolute Gasteiger partial charge is 0.484 e. The summed E-state index contributed by atoms with van der Waals surface area (Å²) >= 11 is 0. The van der Waals surface area contributed by atoms with Crippen LogP contribution in [0.1, 0.15) is 48.5 Å². The Labute approximate surface area is 134 Å². The highest BCUT2D eigenvalue weighted by Crippen LogP contribution is 2.14. The van der Waals surface area contributed by atoms with E-state index >= 15 is 0 Å². The minimum atomic E-state index is -0.277. The van der Waals surface area contributed by atoms with Crippen molar-refractivity contribution in [2.24, 2.45) is 0 Å². The molecule has 1 N–H and O–H groups in total. The molecule has 1 aromatic heterocycles. The van der Waals surface area contributed by atoms with Crippen LogP contribution in [-0.4, -0.2) is 23.5 Å². The molecule has 0 bridgehead atoms. The molecule has 1 heterocycles. The first-order chi connectivity index (χ1) is 11.0. The predicted octanol–water partition coefficient (Wildman–Crippen LogP) is 2.70. The fourth-order valence-corrected chi connectivity index (χ4v) is 1.87. The third-order valence-corrected chi connectivity index (χ3v) is 3.24. The molecule has 1 amide bonds. The van der Waals surface area contributed by atoms with Crippen molar-refractivity contribution in [2.45, 2.75) is 33.2 Å². The normalized spacial score (nSPS) is 10.6. The van der Waals surface area contributed by atoms with Gasteiger partial charge in [-0.2, -0.15) is 0 Å². The Morgan fingerprint density at radius 1 is 1.30 bits per heavy atom. The van der Waals surface area contributed by atoms with E-state index in [2.05, 4.69) is 10.5 Å². The summed E-state index contributed by atoms with van der Waals surface area (Å²) < 4.78 is 10.5. The molecule has 0 aliphatic carbocycles. The van der Waals surface area contributed by atoms with Crippen LogP contribution in [0.5, 0.6) is 5.75 Å². The van der Waals surface area contributed by atoms with Crippen LogP contribution < -0.4 is 10.1 Å². The summed E-state index contributed by atoms with van der Waals surface area (Å²) in [5, 5.41) is 6.62. The Bertz CT molecular complexity index is 691. The fourth-order valence-electron chi connectivity index (χ4n) is 1.87. The second-order valence-electron chi connectivity index (χ2n) is 5.52. The second kappa shape index (κ2) is 7.58. The van der Waals surface area contributed by atoms with E-state index in [1.807, 2.05) is 19.9 Å². The summed E-state index contributed by atoms with van der Waals surface area (Å²) in [4.78, 5) is 23.1. The first kappa shape index (κ1) is 16.7. The number of Topliss-reactive ketones (excluding diaryl/α,β-unsaturated/α-hetero) is 1. The van der Waals surface area contributed by atoms with Crippen molar-refractivity contribution in [1.82, 2.24) is 10.5 Å². The SMILES string of the molecule is CC(=O)c1cccc(OCC(=O)NCc2cc(C(C)C)no2)c1. The molecule has 0 aliphatic rings. The Morgan fingerprint density at radius 3 is 2.74 bits per heavy atom. The number of hydrogen-bond donors (Lipinski definition) is 1. The number of hydrogen-bond acceptors (Lipinski definition) is 5. The zero-order valence-electron chi connectivity index (χ0n) is 13.5. The van der Waals surface area contributed by atoms with Crippen molar-refractivity contribution < 1.29 is 18.8 Å². The Morgan fingerprint density at radius 2 is 2.09 bits per heavy atom. The van der Waals surface area contributed by atoms with Crippen LogP contribution in [0.25, 0.3) is 0 Å². The Hall–Kier alpha value is -2.63. The Balaban J connectivity index is 1.80. The molecule has 1 aromatic carbocycles. The van der Waals surface area contributed by atoms with E-state index in [4.69, 9.17) is 9.26 Å². The molecule has 0 unspecified atom stereocenters. The lowest BCUT2D eigenvalue weighted by Crippen LogP contribution is -2.28. The van der Waals surface area contributed by atoms with E-state index in [1.54, 1.807) is 24.3 Å². The Kier molecular flexibility index (Phi) is 5.51. The standard InChI is InChI=1S/C17H20N2O4/c1-11(2)16-8-15(23-19-16)9-18-17(21)10-22-14-6-4-5-13(7-14)12(3)20/h4-8,11H,9-10H2,1-3H3,(H,18,21). The summed E-state index contributed by atoms with van der Waals surface area (Å²) in [6.45, 7) is 5.64. The molecule has 6 nitrogen and oxygen atoms in total. The molecule has 0 spiro atoms. The van der Waals surface area contributed by atoms with Crippen LogP contribution in [0.3, 0.4) is 0 Å². The first-order valence-electron chi connectivity index (χ1n) is 7.41. The molecule has 2 rings (SSSR count). The van der Waals surface area contributed by atoms with Crippen LogP contribution in [-0.2, 0) is 11.3 Å². The lowest BCUT2D eigenvalue weighted by Gasteiger charge is -2.07. The quantitative estimate of drug-likeness (QED) is 0.794. The monoisotopic (exact) mass is 316 g/mol. The highest BCUT2D eigenvalue weighted by atomic mass is 16.5. The molecule has 2 aromatic rings. The van der Waals surface area contributed by atoms with Crippen molar-refractivity contribution in [3.8, 4) is 5.75 Å². The number of nitrogens with one attached hydrogen (secondary N) is 1. The number of nitrogens with zero attached hydrogens (tertiary/aromatic N) is 1. The number of carbonyl (C=O) groups excluding carboxylic acids is 2. The lowest BCUT2D eigenvalue weighted by molar-refractivity contribution is -0.123. The van der Waals surface area contributed by atoms with Gasteiger partial charge in [-0.3, -0.25) is 9.59 Å². The van der Waals surface area contributed by atoms with E-state index in [1.165, 1.54) is 6.92 Å². The summed E-state index contributed by atoms with van der Waals surface area (Å²) in [6.07, 6.45) is 0. The van der Waals surface area contributed by atoms with Gasteiger partial charge in [-0.25, -0.2) is 0 Å². The number of ether oxygens (including phenoxy) is 1. The predicted molar refractivity (Wildman–Crippen MR) is 84.4 cm³/mol. The highest BCUT2D eigenvalue weighted by Gasteiger charge is 2.09. The average molecular weight is 316 g/mol. The average Bonchev–Trinajstić information content (AvgIpc) is 3.00. The fraction of sp³-hybridized carbons (Fsp3) is 0.353. The highest BCUT2D eigenvalue weighted by molar-refractivity contribution is 5.94. The van der Waals surface area contributed by atoms with E-state index in [-0.39, 0.29) is 30.8 Å². The third kappa shape index (κ3) is 4.95. The van der Waals surface area contributed by atoms with Gasteiger partial charge in [0.05, 0.1) is 12.2 Å². The van der Waals surface area contributed by atoms with Crippen LogP contribution in [0.2, 0.25) is 0 Å².